The smallest absolute Gasteiger partial charge is 0.154 e. The van der Waals surface area contributed by atoms with Crippen LogP contribution in [0.4, 0.5) is 0 Å². The van der Waals surface area contributed by atoms with Crippen LogP contribution in [0.3, 0.4) is 0 Å². The maximum Gasteiger partial charge on any atom is 0.154 e. The zero-order valence-electron chi connectivity index (χ0n) is 9.73. The van der Waals surface area contributed by atoms with Crippen LogP contribution < -0.4 is 5.73 Å². The fraction of sp³-hybridized carbons (Fsp3) is 0.462. The van der Waals surface area contributed by atoms with Gasteiger partial charge in [0.25, 0.3) is 0 Å². The molecule has 0 saturated heterocycles. The first-order valence-corrected chi connectivity index (χ1v) is 7.31. The fourth-order valence-corrected chi connectivity index (χ4v) is 2.97. The molecule has 0 spiro atoms. The van der Waals surface area contributed by atoms with Crippen LogP contribution in [0.25, 0.3) is 0 Å². The van der Waals surface area contributed by atoms with Crippen molar-refractivity contribution in [1.29, 1.82) is 0 Å². The van der Waals surface area contributed by atoms with E-state index in [-0.39, 0.29) is 0 Å². The third-order valence-electron chi connectivity index (χ3n) is 2.91. The topological polar surface area (TPSA) is 38.4 Å². The highest BCUT2D eigenvalue weighted by molar-refractivity contribution is 8.13. The first-order valence-electron chi connectivity index (χ1n) is 5.94. The number of amidine groups is 1. The molecule has 2 N–H and O–H groups in total. The number of halogens is 1. The van der Waals surface area contributed by atoms with Gasteiger partial charge in [-0.15, -0.1) is 0 Å². The van der Waals surface area contributed by atoms with Crippen molar-refractivity contribution in [1.82, 2.24) is 0 Å². The van der Waals surface area contributed by atoms with Gasteiger partial charge in [-0.05, 0) is 30.5 Å². The molecule has 1 aromatic rings. The van der Waals surface area contributed by atoms with Crippen LogP contribution in [-0.2, 0) is 5.75 Å². The van der Waals surface area contributed by atoms with Gasteiger partial charge < -0.3 is 5.73 Å². The molecule has 2 nitrogen and oxygen atoms in total. The third kappa shape index (κ3) is 4.25. The Morgan fingerprint density at radius 2 is 2.18 bits per heavy atom. The summed E-state index contributed by atoms with van der Waals surface area (Å²) in [5.74, 6) is 0.836. The van der Waals surface area contributed by atoms with Crippen molar-refractivity contribution in [3.8, 4) is 0 Å². The molecule has 0 atom stereocenters. The van der Waals surface area contributed by atoms with E-state index in [9.17, 15) is 0 Å². The van der Waals surface area contributed by atoms with Crippen LogP contribution in [0, 0.1) is 0 Å². The Kier molecular flexibility index (Phi) is 4.75. The van der Waals surface area contributed by atoms with Gasteiger partial charge in [-0.3, -0.25) is 4.99 Å². The standard InChI is InChI=1S/C13H17ClN2S/c14-11-5-3-4-10(8-11)9-17-13(15)16-12-6-1-2-7-12/h3-5,8,12H,1-2,6-7,9H2,(H2,15,16). The molecule has 1 aliphatic rings. The molecule has 0 aliphatic heterocycles. The highest BCUT2D eigenvalue weighted by Crippen LogP contribution is 2.22. The molecule has 4 heteroatoms. The summed E-state index contributed by atoms with van der Waals surface area (Å²) in [7, 11) is 0. The molecular weight excluding hydrogens is 252 g/mol. The van der Waals surface area contributed by atoms with Gasteiger partial charge in [0.15, 0.2) is 5.17 Å². The molecule has 2 rings (SSSR count). The van der Waals surface area contributed by atoms with E-state index in [1.165, 1.54) is 31.2 Å². The van der Waals surface area contributed by atoms with Gasteiger partial charge in [0, 0.05) is 10.8 Å². The SMILES string of the molecule is NC(=NC1CCCC1)SCc1cccc(Cl)c1. The molecule has 1 saturated carbocycles. The van der Waals surface area contributed by atoms with Crippen molar-refractivity contribution in [2.45, 2.75) is 37.5 Å². The van der Waals surface area contributed by atoms with Crippen molar-refractivity contribution in [3.05, 3.63) is 34.9 Å². The lowest BCUT2D eigenvalue weighted by Gasteiger charge is -2.05. The van der Waals surface area contributed by atoms with Crippen molar-refractivity contribution in [2.75, 3.05) is 0 Å². The second-order valence-electron chi connectivity index (χ2n) is 4.32. The molecule has 92 valence electrons. The lowest BCUT2D eigenvalue weighted by Crippen LogP contribution is -2.11. The molecule has 0 heterocycles. The molecule has 0 aromatic heterocycles. The lowest BCUT2D eigenvalue weighted by molar-refractivity contribution is 0.708. The Morgan fingerprint density at radius 1 is 1.41 bits per heavy atom. The number of benzene rings is 1. The van der Waals surface area contributed by atoms with Crippen LogP contribution in [0.2, 0.25) is 5.02 Å². The van der Waals surface area contributed by atoms with E-state index in [4.69, 9.17) is 17.3 Å². The van der Waals surface area contributed by atoms with E-state index in [1.807, 2.05) is 18.2 Å². The summed E-state index contributed by atoms with van der Waals surface area (Å²) in [5, 5.41) is 1.48. The van der Waals surface area contributed by atoms with Crippen molar-refractivity contribution < 1.29 is 0 Å². The van der Waals surface area contributed by atoms with Gasteiger partial charge in [0.05, 0.1) is 6.04 Å². The normalized spacial score (nSPS) is 17.6. The summed E-state index contributed by atoms with van der Waals surface area (Å²) in [6.07, 6.45) is 4.97. The number of aliphatic imine (C=N–C) groups is 1. The number of thioether (sulfide) groups is 1. The molecule has 1 fully saturated rings. The number of rotatable bonds is 3. The Labute approximate surface area is 112 Å². The van der Waals surface area contributed by atoms with Gasteiger partial charge >= 0.3 is 0 Å². The maximum absolute atomic E-state index is 5.93. The number of hydrogen-bond donors (Lipinski definition) is 1. The van der Waals surface area contributed by atoms with Gasteiger partial charge in [-0.1, -0.05) is 48.3 Å². The summed E-state index contributed by atoms with van der Waals surface area (Å²) in [5.41, 5.74) is 7.11. The Balaban J connectivity index is 1.84. The van der Waals surface area contributed by atoms with E-state index in [1.54, 1.807) is 11.8 Å². The minimum Gasteiger partial charge on any atom is -0.379 e. The van der Waals surface area contributed by atoms with Gasteiger partial charge in [-0.25, -0.2) is 0 Å². The van der Waals surface area contributed by atoms with Crippen LogP contribution in [-0.4, -0.2) is 11.2 Å². The van der Waals surface area contributed by atoms with Crippen LogP contribution in [0.15, 0.2) is 29.3 Å². The second kappa shape index (κ2) is 6.31. The van der Waals surface area contributed by atoms with E-state index in [0.717, 1.165) is 10.8 Å². The highest BCUT2D eigenvalue weighted by atomic mass is 35.5. The zero-order valence-corrected chi connectivity index (χ0v) is 11.3. The Morgan fingerprint density at radius 3 is 2.88 bits per heavy atom. The van der Waals surface area contributed by atoms with E-state index in [2.05, 4.69) is 11.1 Å². The summed E-state index contributed by atoms with van der Waals surface area (Å²) >= 11 is 7.52. The average Bonchev–Trinajstić information content (AvgIpc) is 2.79. The monoisotopic (exact) mass is 268 g/mol. The zero-order chi connectivity index (χ0) is 12.1. The first kappa shape index (κ1) is 12.8. The van der Waals surface area contributed by atoms with Gasteiger partial charge in [-0.2, -0.15) is 0 Å². The minimum atomic E-state index is 0.460. The largest absolute Gasteiger partial charge is 0.379 e. The lowest BCUT2D eigenvalue weighted by atomic mass is 10.2. The maximum atomic E-state index is 5.93. The number of hydrogen-bond acceptors (Lipinski definition) is 2. The Bertz CT molecular complexity index is 400. The average molecular weight is 269 g/mol. The summed E-state index contributed by atoms with van der Waals surface area (Å²) in [6, 6.07) is 8.33. The van der Waals surface area contributed by atoms with Crippen molar-refractivity contribution in [2.24, 2.45) is 10.7 Å². The second-order valence-corrected chi connectivity index (χ2v) is 5.76. The first-order chi connectivity index (χ1) is 8.24. The predicted octanol–water partition coefficient (Wildman–Crippen LogP) is 3.83. The van der Waals surface area contributed by atoms with Gasteiger partial charge in [0.2, 0.25) is 0 Å². The number of nitrogens with zero attached hydrogens (tertiary/aromatic N) is 1. The van der Waals surface area contributed by atoms with Gasteiger partial charge in [0.1, 0.15) is 0 Å². The fourth-order valence-electron chi connectivity index (χ4n) is 2.03. The van der Waals surface area contributed by atoms with E-state index >= 15 is 0 Å². The molecule has 0 bridgehead atoms. The molecule has 0 radical (unpaired) electrons. The highest BCUT2D eigenvalue weighted by Gasteiger charge is 2.13. The Hall–Kier alpha value is -0.670. The van der Waals surface area contributed by atoms with Crippen LogP contribution >= 0.6 is 23.4 Å². The number of nitrogens with two attached hydrogens (primary N) is 1. The van der Waals surface area contributed by atoms with Crippen molar-refractivity contribution >= 4 is 28.5 Å². The molecule has 1 aliphatic carbocycles. The minimum absolute atomic E-state index is 0.460. The predicted molar refractivity (Wildman–Crippen MR) is 76.6 cm³/mol. The summed E-state index contributed by atoms with van der Waals surface area (Å²) in [6.45, 7) is 0. The van der Waals surface area contributed by atoms with E-state index < -0.39 is 0 Å². The molecule has 17 heavy (non-hydrogen) atoms. The summed E-state index contributed by atoms with van der Waals surface area (Å²) < 4.78 is 0. The molecule has 1 aromatic carbocycles. The molecular formula is C13H17ClN2S. The molecule has 0 amide bonds. The van der Waals surface area contributed by atoms with Crippen LogP contribution in [0.1, 0.15) is 31.2 Å². The van der Waals surface area contributed by atoms with Crippen molar-refractivity contribution in [3.63, 3.8) is 0 Å². The van der Waals surface area contributed by atoms with Crippen LogP contribution in [0.5, 0.6) is 0 Å². The summed E-state index contributed by atoms with van der Waals surface area (Å²) in [4.78, 5) is 4.54. The van der Waals surface area contributed by atoms with E-state index in [0.29, 0.717) is 11.2 Å². The molecule has 0 unspecified atom stereocenters. The quantitative estimate of drug-likeness (QED) is 0.668. The third-order valence-corrected chi connectivity index (χ3v) is 4.02.